The molecule has 1 fully saturated rings. The number of carbonyl (C=O) groups excluding carboxylic acids is 1. The van der Waals surface area contributed by atoms with Crippen molar-refractivity contribution >= 4 is 11.9 Å². The van der Waals surface area contributed by atoms with E-state index in [4.69, 9.17) is 5.11 Å². The second-order valence-corrected chi connectivity index (χ2v) is 4.93. The molecular formula is C13H23NO3. The second kappa shape index (κ2) is 6.03. The average Bonchev–Trinajstić information content (AvgIpc) is 3.10. The molecule has 0 heterocycles. The summed E-state index contributed by atoms with van der Waals surface area (Å²) in [4.78, 5) is 24.8. The molecule has 0 saturated heterocycles. The number of aliphatic carboxylic acids is 1. The number of hydrogen-bond donors (Lipinski definition) is 1. The molecule has 4 heteroatoms. The molecule has 1 saturated carbocycles. The van der Waals surface area contributed by atoms with E-state index >= 15 is 0 Å². The van der Waals surface area contributed by atoms with Crippen LogP contribution >= 0.6 is 0 Å². The first-order chi connectivity index (χ1) is 8.01. The van der Waals surface area contributed by atoms with Crippen LogP contribution in [0.15, 0.2) is 0 Å². The topological polar surface area (TPSA) is 57.6 Å². The number of carbonyl (C=O) groups is 2. The number of hydrogen-bond acceptors (Lipinski definition) is 2. The molecular weight excluding hydrogens is 218 g/mol. The van der Waals surface area contributed by atoms with Crippen LogP contribution in [0.25, 0.3) is 0 Å². The predicted octanol–water partition coefficient (Wildman–Crippen LogP) is 2.28. The van der Waals surface area contributed by atoms with Gasteiger partial charge < -0.3 is 10.0 Å². The molecule has 1 atom stereocenters. The van der Waals surface area contributed by atoms with Gasteiger partial charge in [-0.05, 0) is 25.7 Å². The summed E-state index contributed by atoms with van der Waals surface area (Å²) in [5, 5.41) is 9.03. The van der Waals surface area contributed by atoms with Gasteiger partial charge >= 0.3 is 5.97 Å². The van der Waals surface area contributed by atoms with Gasteiger partial charge in [-0.25, -0.2) is 4.79 Å². The molecule has 1 rings (SSSR count). The average molecular weight is 241 g/mol. The van der Waals surface area contributed by atoms with Gasteiger partial charge in [-0.1, -0.05) is 26.7 Å². The van der Waals surface area contributed by atoms with Crippen LogP contribution in [0.2, 0.25) is 0 Å². The molecule has 1 N–H and O–H groups in total. The number of nitrogens with zero attached hydrogens (tertiary/aromatic N) is 1. The van der Waals surface area contributed by atoms with Crippen molar-refractivity contribution in [3.8, 4) is 0 Å². The first kappa shape index (κ1) is 14.0. The predicted molar refractivity (Wildman–Crippen MR) is 65.7 cm³/mol. The Kier molecular flexibility index (Phi) is 4.97. The van der Waals surface area contributed by atoms with Gasteiger partial charge in [-0.15, -0.1) is 0 Å². The molecule has 0 bridgehead atoms. The third-order valence-corrected chi connectivity index (χ3v) is 3.62. The van der Waals surface area contributed by atoms with Gasteiger partial charge in [0.1, 0.15) is 6.04 Å². The summed E-state index contributed by atoms with van der Waals surface area (Å²) in [5.74, 6) is -0.518. The van der Waals surface area contributed by atoms with E-state index in [2.05, 4.69) is 13.8 Å². The highest BCUT2D eigenvalue weighted by Crippen LogP contribution is 2.30. The Morgan fingerprint density at radius 1 is 1.29 bits per heavy atom. The fourth-order valence-corrected chi connectivity index (χ4v) is 2.14. The maximum atomic E-state index is 12.2. The van der Waals surface area contributed by atoms with Gasteiger partial charge in [0.2, 0.25) is 5.91 Å². The first-order valence-corrected chi connectivity index (χ1v) is 6.55. The lowest BCUT2D eigenvalue weighted by Gasteiger charge is -2.28. The van der Waals surface area contributed by atoms with Crippen LogP contribution in [0.5, 0.6) is 0 Å². The highest BCUT2D eigenvalue weighted by atomic mass is 16.4. The standard InChI is InChI=1S/C13H23NO3/c1-4-10(5-2)8-12(15)14(11-6-7-11)9(3)13(16)17/h9-11H,4-8H2,1-3H3,(H,16,17). The van der Waals surface area contributed by atoms with Crippen LogP contribution < -0.4 is 0 Å². The molecule has 17 heavy (non-hydrogen) atoms. The summed E-state index contributed by atoms with van der Waals surface area (Å²) in [6.07, 6.45) is 4.34. The molecule has 0 radical (unpaired) electrons. The zero-order chi connectivity index (χ0) is 13.0. The Balaban J connectivity index is 2.64. The van der Waals surface area contributed by atoms with Crippen molar-refractivity contribution in [1.29, 1.82) is 0 Å². The van der Waals surface area contributed by atoms with E-state index in [1.54, 1.807) is 11.8 Å². The van der Waals surface area contributed by atoms with E-state index in [1.165, 1.54) is 0 Å². The minimum absolute atomic E-state index is 0.0103. The Morgan fingerprint density at radius 2 is 1.82 bits per heavy atom. The van der Waals surface area contributed by atoms with Gasteiger partial charge in [0.05, 0.1) is 0 Å². The fraction of sp³-hybridized carbons (Fsp3) is 0.846. The fourth-order valence-electron chi connectivity index (χ4n) is 2.14. The van der Waals surface area contributed by atoms with Crippen molar-refractivity contribution in [2.24, 2.45) is 5.92 Å². The van der Waals surface area contributed by atoms with E-state index < -0.39 is 12.0 Å². The Bertz CT molecular complexity index is 282. The van der Waals surface area contributed by atoms with Crippen LogP contribution in [0.4, 0.5) is 0 Å². The highest BCUT2D eigenvalue weighted by Gasteiger charge is 2.38. The second-order valence-electron chi connectivity index (χ2n) is 4.93. The van der Waals surface area contributed by atoms with Crippen molar-refractivity contribution in [3.63, 3.8) is 0 Å². The van der Waals surface area contributed by atoms with Gasteiger partial charge in [0.15, 0.2) is 0 Å². The SMILES string of the molecule is CCC(CC)CC(=O)N(C1CC1)C(C)C(=O)O. The van der Waals surface area contributed by atoms with Crippen LogP contribution in [0, 0.1) is 5.92 Å². The van der Waals surface area contributed by atoms with Crippen LogP contribution in [-0.2, 0) is 9.59 Å². The largest absolute Gasteiger partial charge is 0.480 e. The Labute approximate surface area is 103 Å². The van der Waals surface area contributed by atoms with E-state index in [0.717, 1.165) is 25.7 Å². The number of carboxylic acids is 1. The lowest BCUT2D eigenvalue weighted by molar-refractivity contribution is -0.150. The van der Waals surface area contributed by atoms with Gasteiger partial charge in [-0.2, -0.15) is 0 Å². The number of amides is 1. The lowest BCUT2D eigenvalue weighted by Crippen LogP contribution is -2.45. The number of rotatable bonds is 7. The van der Waals surface area contributed by atoms with E-state index in [0.29, 0.717) is 12.3 Å². The summed E-state index contributed by atoms with van der Waals surface area (Å²) in [5.41, 5.74) is 0. The molecule has 1 amide bonds. The Morgan fingerprint density at radius 3 is 2.18 bits per heavy atom. The first-order valence-electron chi connectivity index (χ1n) is 6.55. The summed E-state index contributed by atoms with van der Waals surface area (Å²) in [6.45, 7) is 5.75. The molecule has 0 aromatic carbocycles. The van der Waals surface area contributed by atoms with Gasteiger partial charge in [0.25, 0.3) is 0 Å². The van der Waals surface area contributed by atoms with Crippen molar-refractivity contribution in [2.45, 2.75) is 65.0 Å². The van der Waals surface area contributed by atoms with Crippen molar-refractivity contribution in [1.82, 2.24) is 4.90 Å². The Hall–Kier alpha value is -1.06. The summed E-state index contributed by atoms with van der Waals surface area (Å²) < 4.78 is 0. The molecule has 0 spiro atoms. The minimum Gasteiger partial charge on any atom is -0.480 e. The van der Waals surface area contributed by atoms with Crippen molar-refractivity contribution < 1.29 is 14.7 Å². The summed E-state index contributed by atoms with van der Waals surface area (Å²) in [6, 6.07) is -0.521. The van der Waals surface area contributed by atoms with Crippen LogP contribution in [0.3, 0.4) is 0 Å². The van der Waals surface area contributed by atoms with Crippen molar-refractivity contribution in [2.75, 3.05) is 0 Å². The highest BCUT2D eigenvalue weighted by molar-refractivity contribution is 5.84. The molecule has 1 aliphatic carbocycles. The normalized spacial score (nSPS) is 16.9. The lowest BCUT2D eigenvalue weighted by atomic mass is 9.98. The zero-order valence-electron chi connectivity index (χ0n) is 11.0. The monoisotopic (exact) mass is 241 g/mol. The number of carboxylic acid groups (broad SMARTS) is 1. The molecule has 98 valence electrons. The summed E-state index contributed by atoms with van der Waals surface area (Å²) in [7, 11) is 0. The van der Waals surface area contributed by atoms with Gasteiger partial charge in [0, 0.05) is 12.5 Å². The molecule has 4 nitrogen and oxygen atoms in total. The van der Waals surface area contributed by atoms with Crippen molar-refractivity contribution in [3.05, 3.63) is 0 Å². The van der Waals surface area contributed by atoms with Crippen LogP contribution in [-0.4, -0.2) is 34.0 Å². The third-order valence-electron chi connectivity index (χ3n) is 3.62. The minimum atomic E-state index is -0.908. The summed E-state index contributed by atoms with van der Waals surface area (Å²) >= 11 is 0. The molecule has 1 unspecified atom stereocenters. The quantitative estimate of drug-likeness (QED) is 0.744. The maximum absolute atomic E-state index is 12.2. The van der Waals surface area contributed by atoms with E-state index in [1.807, 2.05) is 0 Å². The zero-order valence-corrected chi connectivity index (χ0v) is 11.0. The van der Waals surface area contributed by atoms with E-state index in [9.17, 15) is 9.59 Å². The molecule has 0 aliphatic heterocycles. The molecule has 0 aromatic rings. The molecule has 0 aromatic heterocycles. The van der Waals surface area contributed by atoms with Crippen LogP contribution in [0.1, 0.15) is 52.9 Å². The maximum Gasteiger partial charge on any atom is 0.326 e. The van der Waals surface area contributed by atoms with E-state index in [-0.39, 0.29) is 11.9 Å². The smallest absolute Gasteiger partial charge is 0.326 e. The van der Waals surface area contributed by atoms with Gasteiger partial charge in [-0.3, -0.25) is 4.79 Å². The third kappa shape index (κ3) is 3.72. The molecule has 1 aliphatic rings.